The average molecular weight is 286 g/mol. The van der Waals surface area contributed by atoms with E-state index in [1.54, 1.807) is 0 Å². The van der Waals surface area contributed by atoms with Gasteiger partial charge in [-0.05, 0) is 17.7 Å². The van der Waals surface area contributed by atoms with Crippen molar-refractivity contribution in [3.63, 3.8) is 0 Å². The Labute approximate surface area is 113 Å². The zero-order valence-corrected chi connectivity index (χ0v) is 10.8. The maximum atomic E-state index is 13.1. The molecule has 3 rings (SSSR count). The zero-order chi connectivity index (χ0) is 14.5. The second-order valence-corrected chi connectivity index (χ2v) is 5.05. The number of carbonyl (C=O) groups is 1. The smallest absolute Gasteiger partial charge is 0.416 e. The Kier molecular flexibility index (Phi) is 2.89. The Balaban J connectivity index is 2.04. The fraction of sp³-hybridized carbons (Fsp3) is 0.462. The van der Waals surface area contributed by atoms with E-state index >= 15 is 0 Å². The summed E-state index contributed by atoms with van der Waals surface area (Å²) in [6.07, 6.45) is -4.63. The number of benzene rings is 1. The number of amides is 1. The first kappa shape index (κ1) is 13.2. The highest BCUT2D eigenvalue weighted by Gasteiger charge is 2.39. The molecule has 0 saturated carbocycles. The average Bonchev–Trinajstić information content (AvgIpc) is 2.59. The quantitative estimate of drug-likeness (QED) is 0.898. The Bertz CT molecular complexity index is 567. The van der Waals surface area contributed by atoms with Crippen LogP contribution in [0.5, 0.6) is 5.75 Å². The third-order valence-electron chi connectivity index (χ3n) is 3.55. The van der Waals surface area contributed by atoms with Gasteiger partial charge in [-0.25, -0.2) is 0 Å². The topological polar surface area (TPSA) is 41.6 Å². The maximum absolute atomic E-state index is 13.1. The van der Waals surface area contributed by atoms with Gasteiger partial charge in [0.15, 0.2) is 0 Å². The SMILES string of the molecule is CN1Cc2c(cc(OC3CNC3)cc2C(F)(F)F)C1=O. The van der Waals surface area contributed by atoms with Crippen molar-refractivity contribution >= 4 is 5.91 Å². The minimum Gasteiger partial charge on any atom is -0.488 e. The predicted molar refractivity (Wildman–Crippen MR) is 64.5 cm³/mol. The number of fused-ring (bicyclic) bond motifs is 1. The Morgan fingerprint density at radius 2 is 2.05 bits per heavy atom. The molecule has 1 fully saturated rings. The minimum absolute atomic E-state index is 0.0196. The number of halogens is 3. The van der Waals surface area contributed by atoms with Crippen LogP contribution in [-0.2, 0) is 12.7 Å². The monoisotopic (exact) mass is 286 g/mol. The number of hydrogen-bond acceptors (Lipinski definition) is 3. The molecule has 0 spiro atoms. The van der Waals surface area contributed by atoms with Crippen LogP contribution < -0.4 is 10.1 Å². The molecule has 1 aromatic carbocycles. The number of nitrogens with zero attached hydrogens (tertiary/aromatic N) is 1. The summed E-state index contributed by atoms with van der Waals surface area (Å²) in [5, 5.41) is 2.97. The lowest BCUT2D eigenvalue weighted by molar-refractivity contribution is -0.138. The molecule has 0 aliphatic carbocycles. The fourth-order valence-electron chi connectivity index (χ4n) is 2.38. The summed E-state index contributed by atoms with van der Waals surface area (Å²) >= 11 is 0. The largest absolute Gasteiger partial charge is 0.488 e. The van der Waals surface area contributed by atoms with Crippen LogP contribution in [0.15, 0.2) is 12.1 Å². The van der Waals surface area contributed by atoms with Crippen LogP contribution in [0.1, 0.15) is 21.5 Å². The number of carbonyl (C=O) groups excluding carboxylic acids is 1. The van der Waals surface area contributed by atoms with Gasteiger partial charge in [-0.1, -0.05) is 0 Å². The first-order valence-electron chi connectivity index (χ1n) is 6.23. The molecule has 0 unspecified atom stereocenters. The van der Waals surface area contributed by atoms with E-state index < -0.39 is 17.6 Å². The first-order chi connectivity index (χ1) is 9.36. The molecule has 20 heavy (non-hydrogen) atoms. The third-order valence-corrected chi connectivity index (χ3v) is 3.55. The molecule has 0 bridgehead atoms. The van der Waals surface area contributed by atoms with Gasteiger partial charge in [0.05, 0.1) is 5.56 Å². The summed E-state index contributed by atoms with van der Waals surface area (Å²) in [6.45, 7) is 1.19. The molecule has 2 aliphatic rings. The van der Waals surface area contributed by atoms with Crippen molar-refractivity contribution in [2.24, 2.45) is 0 Å². The van der Waals surface area contributed by atoms with E-state index in [4.69, 9.17) is 4.74 Å². The molecule has 0 radical (unpaired) electrons. The summed E-state index contributed by atoms with van der Waals surface area (Å²) in [5.41, 5.74) is -0.663. The molecule has 2 aliphatic heterocycles. The molecular weight excluding hydrogens is 273 g/mol. The second-order valence-electron chi connectivity index (χ2n) is 5.05. The van der Waals surface area contributed by atoms with Crippen LogP contribution in [0, 0.1) is 0 Å². The molecule has 1 aromatic rings. The number of alkyl halides is 3. The Morgan fingerprint density at radius 1 is 1.35 bits per heavy atom. The van der Waals surface area contributed by atoms with Gasteiger partial charge in [0.1, 0.15) is 11.9 Å². The lowest BCUT2D eigenvalue weighted by Gasteiger charge is -2.28. The minimum atomic E-state index is -4.49. The van der Waals surface area contributed by atoms with Crippen molar-refractivity contribution in [2.75, 3.05) is 20.1 Å². The van der Waals surface area contributed by atoms with E-state index in [1.807, 2.05) is 0 Å². The highest BCUT2D eigenvalue weighted by molar-refractivity contribution is 5.99. The maximum Gasteiger partial charge on any atom is 0.416 e. The molecule has 0 atom stereocenters. The lowest BCUT2D eigenvalue weighted by Crippen LogP contribution is -2.50. The van der Waals surface area contributed by atoms with Crippen LogP contribution in [-0.4, -0.2) is 37.0 Å². The Morgan fingerprint density at radius 3 is 2.60 bits per heavy atom. The van der Waals surface area contributed by atoms with Crippen molar-refractivity contribution < 1.29 is 22.7 Å². The van der Waals surface area contributed by atoms with Crippen LogP contribution in [0.4, 0.5) is 13.2 Å². The number of rotatable bonds is 2. The molecule has 0 aromatic heterocycles. The van der Waals surface area contributed by atoms with E-state index in [9.17, 15) is 18.0 Å². The second kappa shape index (κ2) is 4.37. The van der Waals surface area contributed by atoms with E-state index in [2.05, 4.69) is 5.32 Å². The van der Waals surface area contributed by atoms with E-state index in [-0.39, 0.29) is 29.5 Å². The van der Waals surface area contributed by atoms with Gasteiger partial charge in [0, 0.05) is 32.2 Å². The van der Waals surface area contributed by atoms with Crippen LogP contribution in [0.2, 0.25) is 0 Å². The van der Waals surface area contributed by atoms with Crippen molar-refractivity contribution in [1.29, 1.82) is 0 Å². The van der Waals surface area contributed by atoms with Crippen molar-refractivity contribution in [3.05, 3.63) is 28.8 Å². The highest BCUT2D eigenvalue weighted by atomic mass is 19.4. The third kappa shape index (κ3) is 2.11. The molecule has 1 saturated heterocycles. The van der Waals surface area contributed by atoms with Crippen LogP contribution in [0.25, 0.3) is 0 Å². The van der Waals surface area contributed by atoms with Crippen molar-refractivity contribution in [2.45, 2.75) is 18.8 Å². The Hall–Kier alpha value is -1.76. The highest BCUT2D eigenvalue weighted by Crippen LogP contribution is 2.39. The molecule has 7 heteroatoms. The van der Waals surface area contributed by atoms with Crippen molar-refractivity contribution in [3.8, 4) is 5.75 Å². The summed E-state index contributed by atoms with van der Waals surface area (Å²) in [5.74, 6) is -0.297. The van der Waals surface area contributed by atoms with Crippen LogP contribution >= 0.6 is 0 Å². The first-order valence-corrected chi connectivity index (χ1v) is 6.23. The number of ether oxygens (including phenoxy) is 1. The molecule has 1 N–H and O–H groups in total. The lowest BCUT2D eigenvalue weighted by atomic mass is 10.0. The van der Waals surface area contributed by atoms with Gasteiger partial charge in [0.2, 0.25) is 0 Å². The van der Waals surface area contributed by atoms with Gasteiger partial charge in [-0.3, -0.25) is 4.79 Å². The molecular formula is C13H13F3N2O2. The summed E-state index contributed by atoms with van der Waals surface area (Å²) in [6, 6.07) is 2.40. The summed E-state index contributed by atoms with van der Waals surface area (Å²) < 4.78 is 44.8. The molecule has 4 nitrogen and oxygen atoms in total. The van der Waals surface area contributed by atoms with Gasteiger partial charge in [0.25, 0.3) is 5.91 Å². The van der Waals surface area contributed by atoms with E-state index in [0.29, 0.717) is 13.1 Å². The van der Waals surface area contributed by atoms with Gasteiger partial charge in [-0.15, -0.1) is 0 Å². The van der Waals surface area contributed by atoms with E-state index in [0.717, 1.165) is 6.07 Å². The fourth-order valence-corrected chi connectivity index (χ4v) is 2.38. The van der Waals surface area contributed by atoms with E-state index in [1.165, 1.54) is 18.0 Å². The predicted octanol–water partition coefficient (Wildman–Crippen LogP) is 1.64. The van der Waals surface area contributed by atoms with Gasteiger partial charge >= 0.3 is 6.18 Å². The zero-order valence-electron chi connectivity index (χ0n) is 10.8. The number of hydrogen-bond donors (Lipinski definition) is 1. The normalized spacial score (nSPS) is 19.0. The molecule has 2 heterocycles. The van der Waals surface area contributed by atoms with Crippen LogP contribution in [0.3, 0.4) is 0 Å². The molecule has 1 amide bonds. The van der Waals surface area contributed by atoms with Gasteiger partial charge < -0.3 is 15.0 Å². The summed E-state index contributed by atoms with van der Waals surface area (Å²) in [4.78, 5) is 13.2. The van der Waals surface area contributed by atoms with Gasteiger partial charge in [-0.2, -0.15) is 13.2 Å². The summed E-state index contributed by atoms with van der Waals surface area (Å²) in [7, 11) is 1.48. The number of nitrogens with one attached hydrogen (secondary N) is 1. The molecule has 108 valence electrons. The standard InChI is InChI=1S/C13H13F3N2O2/c1-18-6-10-9(12(18)19)2-7(20-8-4-17-5-8)3-11(10)13(14,15)16/h2-3,8,17H,4-6H2,1H3. The van der Waals surface area contributed by atoms with Crippen molar-refractivity contribution in [1.82, 2.24) is 10.2 Å².